The zero-order chi connectivity index (χ0) is 12.0. The van der Waals surface area contributed by atoms with E-state index in [0.29, 0.717) is 6.42 Å². The molecule has 1 aromatic rings. The first-order chi connectivity index (χ1) is 7.49. The minimum Gasteiger partial charge on any atom is -0.491 e. The van der Waals surface area contributed by atoms with Crippen molar-refractivity contribution in [2.24, 2.45) is 0 Å². The predicted molar refractivity (Wildman–Crippen MR) is 56.0 cm³/mol. The van der Waals surface area contributed by atoms with Crippen LogP contribution in [0.4, 0.5) is 8.28 Å². The van der Waals surface area contributed by atoms with Crippen LogP contribution in [0.25, 0.3) is 0 Å². The number of ether oxygens (including phenoxy) is 1. The van der Waals surface area contributed by atoms with Crippen molar-refractivity contribution in [3.05, 3.63) is 30.1 Å². The van der Waals surface area contributed by atoms with Crippen LogP contribution in [0.1, 0.15) is 12.8 Å². The van der Waals surface area contributed by atoms with Gasteiger partial charge in [-0.1, -0.05) is 12.1 Å². The molecule has 0 aromatic heterocycles. The van der Waals surface area contributed by atoms with E-state index in [0.717, 1.165) is 0 Å². The summed E-state index contributed by atoms with van der Waals surface area (Å²) in [6.07, 6.45) is 0.519. The van der Waals surface area contributed by atoms with Crippen LogP contribution < -0.4 is 4.74 Å². The van der Waals surface area contributed by atoms with Gasteiger partial charge in [0.05, 0.1) is 12.4 Å². The molecule has 0 saturated heterocycles. The molecule has 0 saturated carbocycles. The molecule has 6 heteroatoms. The van der Waals surface area contributed by atoms with Crippen LogP contribution >= 0.6 is 0 Å². The summed E-state index contributed by atoms with van der Waals surface area (Å²) in [5, 5.41) is 0. The minimum atomic E-state index is -4.41. The molecule has 0 aliphatic rings. The van der Waals surface area contributed by atoms with Gasteiger partial charge < -0.3 is 4.74 Å². The molecule has 3 nitrogen and oxygen atoms in total. The third-order valence-electron chi connectivity index (χ3n) is 1.88. The molecule has 0 fully saturated rings. The molecule has 0 unspecified atom stereocenters. The molecule has 0 aliphatic carbocycles. The van der Waals surface area contributed by atoms with Gasteiger partial charge in [-0.15, -0.1) is 3.89 Å². The van der Waals surface area contributed by atoms with Gasteiger partial charge in [0.15, 0.2) is 11.6 Å². The van der Waals surface area contributed by atoms with E-state index in [4.69, 9.17) is 4.74 Å². The maximum absolute atomic E-state index is 13.0. The van der Waals surface area contributed by atoms with E-state index >= 15 is 0 Å². The average molecular weight is 250 g/mol. The van der Waals surface area contributed by atoms with Crippen LogP contribution in [0.3, 0.4) is 0 Å². The number of para-hydroxylation sites is 1. The summed E-state index contributed by atoms with van der Waals surface area (Å²) in [7, 11) is -4.41. The van der Waals surface area contributed by atoms with Crippen molar-refractivity contribution in [1.29, 1.82) is 0 Å². The van der Waals surface area contributed by atoms with Crippen LogP contribution in [-0.2, 0) is 10.2 Å². The summed E-state index contributed by atoms with van der Waals surface area (Å²) in [6.45, 7) is 0.163. The van der Waals surface area contributed by atoms with Gasteiger partial charge in [-0.3, -0.25) is 0 Å². The lowest BCUT2D eigenvalue weighted by atomic mass is 10.3. The molecule has 0 N–H and O–H groups in total. The molecule has 0 radical (unpaired) electrons. The van der Waals surface area contributed by atoms with Gasteiger partial charge in [0.1, 0.15) is 0 Å². The molecular weight excluding hydrogens is 238 g/mol. The molecule has 0 heterocycles. The van der Waals surface area contributed by atoms with Gasteiger partial charge in [-0.2, -0.15) is 8.42 Å². The van der Waals surface area contributed by atoms with Gasteiger partial charge in [-0.05, 0) is 25.0 Å². The Balaban J connectivity index is 2.24. The highest BCUT2D eigenvalue weighted by Gasteiger charge is 2.06. The van der Waals surface area contributed by atoms with Crippen LogP contribution in [-0.4, -0.2) is 20.8 Å². The van der Waals surface area contributed by atoms with Crippen LogP contribution in [0.2, 0.25) is 0 Å². The summed E-state index contributed by atoms with van der Waals surface area (Å²) < 4.78 is 50.4. The van der Waals surface area contributed by atoms with E-state index in [1.54, 1.807) is 6.07 Å². The van der Waals surface area contributed by atoms with E-state index in [-0.39, 0.29) is 18.8 Å². The Morgan fingerprint density at radius 2 is 1.88 bits per heavy atom. The maximum atomic E-state index is 13.0. The number of hydrogen-bond donors (Lipinski definition) is 0. The molecule has 90 valence electrons. The average Bonchev–Trinajstić information content (AvgIpc) is 2.18. The first-order valence-electron chi connectivity index (χ1n) is 4.79. The molecule has 0 amide bonds. The maximum Gasteiger partial charge on any atom is 0.302 e. The monoisotopic (exact) mass is 250 g/mol. The molecule has 0 aliphatic heterocycles. The van der Waals surface area contributed by atoms with E-state index in [9.17, 15) is 16.7 Å². The minimum absolute atomic E-state index is 0.116. The molecule has 0 spiro atoms. The second-order valence-corrected chi connectivity index (χ2v) is 4.71. The Bertz CT molecular complexity index is 431. The third-order valence-corrected chi connectivity index (χ3v) is 2.65. The van der Waals surface area contributed by atoms with E-state index in [1.807, 2.05) is 0 Å². The van der Waals surface area contributed by atoms with Crippen molar-refractivity contribution >= 4 is 10.2 Å². The van der Waals surface area contributed by atoms with Gasteiger partial charge in [0.25, 0.3) is 0 Å². The highest BCUT2D eigenvalue weighted by molar-refractivity contribution is 7.86. The fourth-order valence-electron chi connectivity index (χ4n) is 1.12. The zero-order valence-corrected chi connectivity index (χ0v) is 9.34. The van der Waals surface area contributed by atoms with E-state index in [2.05, 4.69) is 0 Å². The second-order valence-electron chi connectivity index (χ2n) is 3.23. The first kappa shape index (κ1) is 12.9. The highest BCUT2D eigenvalue weighted by Crippen LogP contribution is 2.15. The fourth-order valence-corrected chi connectivity index (χ4v) is 1.67. The Kier molecular flexibility index (Phi) is 4.67. The van der Waals surface area contributed by atoms with Crippen LogP contribution in [0.5, 0.6) is 5.75 Å². The van der Waals surface area contributed by atoms with Gasteiger partial charge >= 0.3 is 10.2 Å². The summed E-state index contributed by atoms with van der Waals surface area (Å²) in [5.41, 5.74) is 0. The standard InChI is InChI=1S/C10H12F2O3S/c11-9-5-1-2-6-10(9)15-7-3-4-8-16(12,13)14/h1-2,5-6H,3-4,7-8H2. The SMILES string of the molecule is O=S(=O)(F)CCCCOc1ccccc1F. The molecule has 0 bridgehead atoms. The normalized spacial score (nSPS) is 11.4. The summed E-state index contributed by atoms with van der Waals surface area (Å²) in [6, 6.07) is 5.91. The van der Waals surface area contributed by atoms with Crippen molar-refractivity contribution in [3.8, 4) is 5.75 Å². The van der Waals surface area contributed by atoms with Crippen molar-refractivity contribution < 1.29 is 21.4 Å². The lowest BCUT2D eigenvalue weighted by molar-refractivity contribution is 0.294. The van der Waals surface area contributed by atoms with Crippen molar-refractivity contribution in [3.63, 3.8) is 0 Å². The molecule has 16 heavy (non-hydrogen) atoms. The van der Waals surface area contributed by atoms with Gasteiger partial charge in [-0.25, -0.2) is 4.39 Å². The Hall–Kier alpha value is -1.17. The first-order valence-corrected chi connectivity index (χ1v) is 6.34. The molecule has 0 atom stereocenters. The molecular formula is C10H12F2O3S. The van der Waals surface area contributed by atoms with Crippen molar-refractivity contribution in [1.82, 2.24) is 0 Å². The quantitative estimate of drug-likeness (QED) is 0.574. The van der Waals surface area contributed by atoms with Gasteiger partial charge in [0, 0.05) is 0 Å². The number of rotatable bonds is 6. The lowest BCUT2D eigenvalue weighted by Crippen LogP contribution is -2.03. The van der Waals surface area contributed by atoms with Crippen LogP contribution in [0.15, 0.2) is 24.3 Å². The van der Waals surface area contributed by atoms with E-state index < -0.39 is 21.8 Å². The highest BCUT2D eigenvalue weighted by atomic mass is 32.3. The van der Waals surface area contributed by atoms with Gasteiger partial charge in [0.2, 0.25) is 0 Å². The smallest absolute Gasteiger partial charge is 0.302 e. The molecule has 1 aromatic carbocycles. The Labute approximate surface area is 93.3 Å². The number of benzene rings is 1. The Morgan fingerprint density at radius 3 is 2.50 bits per heavy atom. The van der Waals surface area contributed by atoms with Crippen molar-refractivity contribution in [2.75, 3.05) is 12.4 Å². The topological polar surface area (TPSA) is 43.4 Å². The largest absolute Gasteiger partial charge is 0.491 e. The number of hydrogen-bond acceptors (Lipinski definition) is 3. The summed E-state index contributed by atoms with van der Waals surface area (Å²) in [5.74, 6) is -0.876. The zero-order valence-electron chi connectivity index (χ0n) is 8.53. The summed E-state index contributed by atoms with van der Waals surface area (Å²) >= 11 is 0. The Morgan fingerprint density at radius 1 is 1.19 bits per heavy atom. The lowest BCUT2D eigenvalue weighted by Gasteiger charge is -2.05. The van der Waals surface area contributed by atoms with Crippen LogP contribution in [0, 0.1) is 5.82 Å². The third kappa shape index (κ3) is 5.06. The number of unbranched alkanes of at least 4 members (excludes halogenated alkanes) is 1. The molecule has 1 rings (SSSR count). The van der Waals surface area contributed by atoms with Crippen molar-refractivity contribution in [2.45, 2.75) is 12.8 Å². The van der Waals surface area contributed by atoms with E-state index in [1.165, 1.54) is 18.2 Å². The fraction of sp³-hybridized carbons (Fsp3) is 0.400. The predicted octanol–water partition coefficient (Wildman–Crippen LogP) is 2.28. The number of halogens is 2. The second kappa shape index (κ2) is 5.79. The summed E-state index contributed by atoms with van der Waals surface area (Å²) in [4.78, 5) is 0.